The Balaban J connectivity index is 2.43. The number of sulfonamides is 1. The monoisotopic (exact) mass is 480 g/mol. The summed E-state index contributed by atoms with van der Waals surface area (Å²) in [5, 5.41) is 8.68. The predicted octanol–water partition coefficient (Wildman–Crippen LogP) is 4.95. The molecule has 0 aliphatic rings. The minimum atomic E-state index is -4.33. The van der Waals surface area contributed by atoms with Crippen molar-refractivity contribution in [1.82, 2.24) is 0 Å². The second kappa shape index (κ2) is 10.2. The van der Waals surface area contributed by atoms with Gasteiger partial charge in [0.1, 0.15) is 16.8 Å². The van der Waals surface area contributed by atoms with E-state index in [9.17, 15) is 17.2 Å². The molecule has 0 aromatic heterocycles. The van der Waals surface area contributed by atoms with Crippen LogP contribution in [-0.2, 0) is 10.0 Å². The van der Waals surface area contributed by atoms with Crippen LogP contribution in [0.5, 0.6) is 0 Å². The van der Waals surface area contributed by atoms with Crippen molar-refractivity contribution in [3.05, 3.63) is 69.3 Å². The molecule has 11 heteroatoms. The van der Waals surface area contributed by atoms with Crippen LogP contribution in [0.2, 0.25) is 10.0 Å². The van der Waals surface area contributed by atoms with Crippen LogP contribution in [0.4, 0.5) is 14.5 Å². The van der Waals surface area contributed by atoms with E-state index in [0.717, 1.165) is 18.2 Å². The van der Waals surface area contributed by atoms with Crippen molar-refractivity contribution in [1.29, 1.82) is 5.26 Å². The van der Waals surface area contributed by atoms with E-state index in [1.807, 2.05) is 4.72 Å². The number of allylic oxidation sites excluding steroid dienone is 1. The van der Waals surface area contributed by atoms with Crippen LogP contribution in [0.3, 0.4) is 0 Å². The summed E-state index contributed by atoms with van der Waals surface area (Å²) in [6, 6.07) is 7.20. The van der Waals surface area contributed by atoms with Crippen molar-refractivity contribution in [2.75, 3.05) is 4.72 Å². The highest BCUT2D eigenvalue weighted by molar-refractivity contribution is 7.92. The van der Waals surface area contributed by atoms with Gasteiger partial charge in [-0.1, -0.05) is 35.0 Å². The van der Waals surface area contributed by atoms with Gasteiger partial charge in [-0.15, -0.1) is 0 Å². The quantitative estimate of drug-likeness (QED) is 0.380. The lowest BCUT2D eigenvalue weighted by Gasteiger charge is -2.11. The van der Waals surface area contributed by atoms with Crippen molar-refractivity contribution in [2.24, 2.45) is 9.98 Å². The Morgan fingerprint density at radius 2 is 1.97 bits per heavy atom. The number of anilines is 1. The Kier molecular flexibility index (Phi) is 7.89. The third-order valence-electron chi connectivity index (χ3n) is 3.53. The lowest BCUT2D eigenvalue weighted by atomic mass is 10.1. The molecule has 2 aromatic rings. The Hall–Kier alpha value is -3.24. The molecule has 0 atom stereocenters. The molecule has 0 unspecified atom stereocenters. The largest absolute Gasteiger partial charge is 0.277 e. The highest BCUT2D eigenvalue weighted by Gasteiger charge is 2.22. The Bertz CT molecular complexity index is 1320. The average Bonchev–Trinajstić information content (AvgIpc) is 2.72. The molecule has 0 bridgehead atoms. The summed E-state index contributed by atoms with van der Waals surface area (Å²) >= 11 is 11.7. The van der Waals surface area contributed by atoms with Gasteiger partial charge in [0.05, 0.1) is 16.3 Å². The normalized spacial score (nSPS) is 11.9. The van der Waals surface area contributed by atoms with Crippen LogP contribution in [-0.4, -0.2) is 21.0 Å². The summed E-state index contributed by atoms with van der Waals surface area (Å²) in [4.78, 5) is 6.67. The highest BCUT2D eigenvalue weighted by Crippen LogP contribution is 2.28. The number of hydrogen-bond donors (Lipinski definition) is 1. The molecule has 0 heterocycles. The zero-order valence-electron chi connectivity index (χ0n) is 15.7. The summed E-state index contributed by atoms with van der Waals surface area (Å²) in [6.07, 6.45) is 1.17. The molecule has 0 aliphatic heterocycles. The molecule has 31 heavy (non-hydrogen) atoms. The lowest BCUT2D eigenvalue weighted by molar-refractivity contribution is 0.578. The van der Waals surface area contributed by atoms with E-state index >= 15 is 0 Å². The van der Waals surface area contributed by atoms with Gasteiger partial charge in [-0.25, -0.2) is 27.2 Å². The number of rotatable bonds is 4. The number of nitriles is 1. The highest BCUT2D eigenvalue weighted by atomic mass is 35.5. The second-order valence-corrected chi connectivity index (χ2v) is 8.24. The molecule has 0 saturated heterocycles. The number of halogens is 4. The Labute approximate surface area is 187 Å². The van der Waals surface area contributed by atoms with Gasteiger partial charge in [0.2, 0.25) is 5.84 Å². The van der Waals surface area contributed by atoms with Crippen molar-refractivity contribution < 1.29 is 17.2 Å². The van der Waals surface area contributed by atoms with Crippen molar-refractivity contribution in [2.45, 2.75) is 11.8 Å². The van der Waals surface area contributed by atoms with Crippen molar-refractivity contribution in [3.63, 3.8) is 0 Å². The molecular weight excluding hydrogens is 469 g/mol. The van der Waals surface area contributed by atoms with Crippen molar-refractivity contribution >= 4 is 51.5 Å². The Morgan fingerprint density at radius 1 is 1.26 bits per heavy atom. The van der Waals surface area contributed by atoms with Gasteiger partial charge in [-0.05, 0) is 44.0 Å². The number of nitrogens with zero attached hydrogens (tertiary/aromatic N) is 3. The first-order chi connectivity index (χ1) is 14.6. The maximum Gasteiger partial charge on any atom is 0.263 e. The second-order valence-electron chi connectivity index (χ2n) is 5.75. The third-order valence-corrected chi connectivity index (χ3v) is 5.62. The maximum absolute atomic E-state index is 14.8. The summed E-state index contributed by atoms with van der Waals surface area (Å²) in [5.41, 5.74) is -0.951. The number of benzene rings is 2. The van der Waals surface area contributed by atoms with Crippen LogP contribution >= 0.6 is 23.2 Å². The molecule has 2 rings (SSSR count). The van der Waals surface area contributed by atoms with Crippen LogP contribution in [0.1, 0.15) is 12.5 Å². The van der Waals surface area contributed by atoms with Gasteiger partial charge < -0.3 is 0 Å². The van der Waals surface area contributed by atoms with Crippen LogP contribution in [0.25, 0.3) is 0 Å². The molecular formula is C20H12Cl2F2N4O2S. The molecule has 0 spiro atoms. The van der Waals surface area contributed by atoms with E-state index in [-0.39, 0.29) is 26.3 Å². The minimum absolute atomic E-state index is 0.104. The average molecular weight is 481 g/mol. The van der Waals surface area contributed by atoms with E-state index in [1.54, 1.807) is 6.07 Å². The SMILES string of the molecule is C=N/C(C#N)=N\C=C(/C)C#Cc1c(F)ccc(NS(=O)(=O)c2cc(Cl)ccc2Cl)c1F. The van der Waals surface area contributed by atoms with Gasteiger partial charge in [0.25, 0.3) is 10.0 Å². The maximum atomic E-state index is 14.8. The number of nitrogens with one attached hydrogen (secondary N) is 1. The van der Waals surface area contributed by atoms with E-state index in [4.69, 9.17) is 28.5 Å². The third kappa shape index (κ3) is 6.12. The molecule has 0 fully saturated rings. The molecule has 158 valence electrons. The number of hydrogen-bond acceptors (Lipinski definition) is 4. The minimum Gasteiger partial charge on any atom is -0.277 e. The summed E-state index contributed by atoms with van der Waals surface area (Å²) in [6.45, 7) is 4.64. The van der Waals surface area contributed by atoms with Crippen LogP contribution in [0, 0.1) is 34.8 Å². The molecule has 0 saturated carbocycles. The van der Waals surface area contributed by atoms with E-state index in [1.165, 1.54) is 25.3 Å². The van der Waals surface area contributed by atoms with Crippen molar-refractivity contribution in [3.8, 4) is 17.9 Å². The zero-order chi connectivity index (χ0) is 23.2. The fraction of sp³-hybridized carbons (Fsp3) is 0.0500. The van der Waals surface area contributed by atoms with Crippen LogP contribution < -0.4 is 4.72 Å². The lowest BCUT2D eigenvalue weighted by Crippen LogP contribution is -2.15. The standard InChI is InChI=1S/C20H12Cl2F2N4O2S/c1-12(11-27-19(10-25)26-2)3-5-14-16(23)7-8-17(20(14)24)28-31(29,30)18-9-13(21)4-6-15(18)22/h4,6-9,11,28H,2H2,1H3/b12-11+,27-19-. The van der Waals surface area contributed by atoms with Crippen LogP contribution in [0.15, 0.2) is 57.0 Å². The summed E-state index contributed by atoms with van der Waals surface area (Å²) in [5.74, 6) is 2.29. The van der Waals surface area contributed by atoms with Gasteiger partial charge >= 0.3 is 0 Å². The molecule has 0 radical (unpaired) electrons. The van der Waals surface area contributed by atoms with Gasteiger partial charge in [0, 0.05) is 16.8 Å². The molecule has 0 amide bonds. The van der Waals surface area contributed by atoms with E-state index < -0.39 is 32.9 Å². The van der Waals surface area contributed by atoms with E-state index in [2.05, 4.69) is 28.5 Å². The number of aliphatic imine (C=N–C) groups is 2. The summed E-state index contributed by atoms with van der Waals surface area (Å²) in [7, 11) is -4.33. The Morgan fingerprint density at radius 3 is 2.61 bits per heavy atom. The number of amidine groups is 1. The van der Waals surface area contributed by atoms with E-state index in [0.29, 0.717) is 0 Å². The smallest absolute Gasteiger partial charge is 0.263 e. The zero-order valence-corrected chi connectivity index (χ0v) is 18.1. The van der Waals surface area contributed by atoms with Gasteiger partial charge in [-0.2, -0.15) is 5.26 Å². The first-order valence-electron chi connectivity index (χ1n) is 8.18. The topological polar surface area (TPSA) is 94.7 Å². The molecule has 2 aromatic carbocycles. The first kappa shape index (κ1) is 24.0. The molecule has 0 aliphatic carbocycles. The summed E-state index contributed by atoms with van der Waals surface area (Å²) < 4.78 is 56.1. The molecule has 1 N–H and O–H groups in total. The van der Waals surface area contributed by atoms with Gasteiger partial charge in [0.15, 0.2) is 5.82 Å². The molecule has 6 nitrogen and oxygen atoms in total. The first-order valence-corrected chi connectivity index (χ1v) is 10.4. The van der Waals surface area contributed by atoms with Gasteiger partial charge in [-0.3, -0.25) is 4.72 Å². The predicted molar refractivity (Wildman–Crippen MR) is 117 cm³/mol. The fourth-order valence-electron chi connectivity index (χ4n) is 2.09. The fourth-order valence-corrected chi connectivity index (χ4v) is 3.91.